The number of aromatic nitrogens is 2. The number of hydrogen-bond acceptors (Lipinski definition) is 8. The van der Waals surface area contributed by atoms with Crippen LogP contribution in [0.3, 0.4) is 0 Å². The number of carbonyl (C=O) groups is 1. The van der Waals surface area contributed by atoms with Crippen molar-refractivity contribution in [2.75, 3.05) is 0 Å². The van der Waals surface area contributed by atoms with Gasteiger partial charge in [-0.1, -0.05) is 30.8 Å². The number of nitro groups is 1. The largest absolute Gasteiger partial charge is 0.448 e. The van der Waals surface area contributed by atoms with Crippen LogP contribution in [0.5, 0.6) is 0 Å². The van der Waals surface area contributed by atoms with Crippen LogP contribution in [0.25, 0.3) is 11.7 Å². The molecule has 140 valence electrons. The molecule has 3 aromatic rings. The van der Waals surface area contributed by atoms with E-state index in [1.54, 1.807) is 12.1 Å². The Morgan fingerprint density at radius 1 is 1.30 bits per heavy atom. The minimum atomic E-state index is -0.429. The van der Waals surface area contributed by atoms with Gasteiger partial charge in [0.15, 0.2) is 17.3 Å². The molecule has 0 aliphatic rings. The zero-order valence-corrected chi connectivity index (χ0v) is 15.8. The second-order valence-electron chi connectivity index (χ2n) is 5.86. The maximum Gasteiger partial charge on any atom is 0.284 e. The average molecular weight is 387 g/mol. The predicted octanol–water partition coefficient (Wildman–Crippen LogP) is 4.86. The third kappa shape index (κ3) is 4.08. The second-order valence-corrected chi connectivity index (χ2v) is 7.15. The molecule has 9 heteroatoms. The molecular formula is C18H17N3O5S. The molecule has 0 bridgehead atoms. The van der Waals surface area contributed by atoms with Gasteiger partial charge < -0.3 is 8.83 Å². The molecule has 2 aromatic heterocycles. The Labute approximate surface area is 159 Å². The van der Waals surface area contributed by atoms with Crippen molar-refractivity contribution in [2.45, 2.75) is 37.7 Å². The molecule has 0 saturated carbocycles. The number of furan rings is 1. The number of carbonyl (C=O) groups excluding carboxylic acids is 1. The number of ketones is 1. The van der Waals surface area contributed by atoms with Crippen molar-refractivity contribution in [1.29, 1.82) is 0 Å². The maximum absolute atomic E-state index is 11.5. The highest BCUT2D eigenvalue weighted by atomic mass is 32.2. The van der Waals surface area contributed by atoms with Crippen LogP contribution in [0.4, 0.5) is 5.69 Å². The number of benzene rings is 1. The Hall–Kier alpha value is -2.94. The molecule has 0 amide bonds. The molecular weight excluding hydrogens is 370 g/mol. The van der Waals surface area contributed by atoms with Crippen molar-refractivity contribution in [3.63, 3.8) is 0 Å². The molecule has 1 unspecified atom stereocenters. The number of rotatable bonds is 7. The Balaban J connectivity index is 1.81. The highest BCUT2D eigenvalue weighted by molar-refractivity contribution is 7.99. The van der Waals surface area contributed by atoms with Crippen LogP contribution >= 0.6 is 11.8 Å². The lowest BCUT2D eigenvalue weighted by Gasteiger charge is -2.08. The van der Waals surface area contributed by atoms with Gasteiger partial charge in [0.2, 0.25) is 0 Å². The Morgan fingerprint density at radius 2 is 2.07 bits per heavy atom. The van der Waals surface area contributed by atoms with Crippen molar-refractivity contribution in [3.05, 3.63) is 57.3 Å². The third-order valence-corrected chi connectivity index (χ3v) is 4.96. The van der Waals surface area contributed by atoms with Crippen LogP contribution in [0.15, 0.2) is 44.4 Å². The first-order valence-electron chi connectivity index (χ1n) is 8.27. The van der Waals surface area contributed by atoms with Gasteiger partial charge in [-0.25, -0.2) is 0 Å². The van der Waals surface area contributed by atoms with Crippen LogP contribution in [-0.4, -0.2) is 20.9 Å². The van der Waals surface area contributed by atoms with Crippen LogP contribution in [0.1, 0.15) is 47.7 Å². The van der Waals surface area contributed by atoms with Crippen molar-refractivity contribution in [1.82, 2.24) is 10.2 Å². The molecule has 1 atom stereocenters. The van der Waals surface area contributed by atoms with Crippen molar-refractivity contribution in [2.24, 2.45) is 0 Å². The van der Waals surface area contributed by atoms with Gasteiger partial charge >= 0.3 is 0 Å². The fourth-order valence-electron chi connectivity index (χ4n) is 2.51. The van der Waals surface area contributed by atoms with E-state index in [1.165, 1.54) is 30.8 Å². The standard InChI is InChI=1S/C18H17N3O5S/c1-4-12-9-15(10(2)22)25-16(12)17-19-20-18(26-17)27-11(3)13-6-5-7-14(8-13)21(23)24/h5-9,11H,4H2,1-3H3. The highest BCUT2D eigenvalue weighted by Crippen LogP contribution is 2.37. The van der Waals surface area contributed by atoms with E-state index in [4.69, 9.17) is 8.83 Å². The van der Waals surface area contributed by atoms with Gasteiger partial charge in [-0.2, -0.15) is 0 Å². The lowest BCUT2D eigenvalue weighted by molar-refractivity contribution is -0.384. The molecule has 0 aliphatic heterocycles. The van der Waals surface area contributed by atoms with Crippen LogP contribution in [-0.2, 0) is 6.42 Å². The zero-order chi connectivity index (χ0) is 19.6. The summed E-state index contributed by atoms with van der Waals surface area (Å²) < 4.78 is 11.2. The van der Waals surface area contributed by atoms with Gasteiger partial charge in [0.25, 0.3) is 16.8 Å². The molecule has 0 fully saturated rings. The molecule has 0 saturated heterocycles. The normalized spacial score (nSPS) is 12.1. The van der Waals surface area contributed by atoms with Crippen LogP contribution in [0, 0.1) is 10.1 Å². The van der Waals surface area contributed by atoms with Crippen molar-refractivity contribution >= 4 is 23.2 Å². The molecule has 0 N–H and O–H groups in total. The number of Topliss-reactive ketones (excluding diaryl/α,β-unsaturated/α-hetero) is 1. The molecule has 8 nitrogen and oxygen atoms in total. The summed E-state index contributed by atoms with van der Waals surface area (Å²) >= 11 is 1.29. The summed E-state index contributed by atoms with van der Waals surface area (Å²) in [6, 6.07) is 8.10. The SMILES string of the molecule is CCc1cc(C(C)=O)oc1-c1nnc(SC(C)c2cccc([N+](=O)[O-])c2)o1. The minimum absolute atomic E-state index is 0.0334. The molecule has 1 aromatic carbocycles. The van der Waals surface area contributed by atoms with Gasteiger partial charge in [0, 0.05) is 29.9 Å². The smallest absolute Gasteiger partial charge is 0.284 e. The van der Waals surface area contributed by atoms with Crippen LogP contribution < -0.4 is 0 Å². The number of aryl methyl sites for hydroxylation is 1. The first-order valence-corrected chi connectivity index (χ1v) is 9.15. The van der Waals surface area contributed by atoms with E-state index >= 15 is 0 Å². The summed E-state index contributed by atoms with van der Waals surface area (Å²) in [5, 5.41) is 19.1. The molecule has 0 aliphatic carbocycles. The average Bonchev–Trinajstić information content (AvgIpc) is 3.28. The summed E-state index contributed by atoms with van der Waals surface area (Å²) in [7, 11) is 0. The van der Waals surface area contributed by atoms with Gasteiger partial charge in [0.05, 0.1) is 4.92 Å². The summed E-state index contributed by atoms with van der Waals surface area (Å²) in [6.07, 6.45) is 0.654. The Morgan fingerprint density at radius 3 is 2.74 bits per heavy atom. The molecule has 3 rings (SSSR count). The van der Waals surface area contributed by atoms with E-state index in [0.717, 1.165) is 11.1 Å². The number of thioether (sulfide) groups is 1. The van der Waals surface area contributed by atoms with Gasteiger partial charge in [0.1, 0.15) is 0 Å². The Kier molecular flexibility index (Phi) is 5.41. The number of nitro benzene ring substituents is 1. The van der Waals surface area contributed by atoms with Gasteiger partial charge in [-0.3, -0.25) is 14.9 Å². The zero-order valence-electron chi connectivity index (χ0n) is 15.0. The summed E-state index contributed by atoms with van der Waals surface area (Å²) in [6.45, 7) is 5.26. The lowest BCUT2D eigenvalue weighted by atomic mass is 10.1. The van der Waals surface area contributed by atoms with E-state index in [9.17, 15) is 14.9 Å². The first-order chi connectivity index (χ1) is 12.9. The summed E-state index contributed by atoms with van der Waals surface area (Å²) in [5.41, 5.74) is 1.62. The van der Waals surface area contributed by atoms with Gasteiger partial charge in [-0.15, -0.1) is 10.2 Å². The number of hydrogen-bond donors (Lipinski definition) is 0. The summed E-state index contributed by atoms with van der Waals surface area (Å²) in [5.74, 6) is 0.668. The van der Waals surface area contributed by atoms with Gasteiger partial charge in [-0.05, 0) is 25.0 Å². The van der Waals surface area contributed by atoms with E-state index in [0.29, 0.717) is 17.4 Å². The minimum Gasteiger partial charge on any atom is -0.448 e. The lowest BCUT2D eigenvalue weighted by Crippen LogP contribution is -1.92. The number of non-ortho nitro benzene ring substituents is 1. The first kappa shape index (κ1) is 18.8. The maximum atomic E-state index is 11.5. The predicted molar refractivity (Wildman–Crippen MR) is 98.8 cm³/mol. The van der Waals surface area contributed by atoms with Crippen molar-refractivity contribution < 1.29 is 18.6 Å². The quantitative estimate of drug-likeness (QED) is 0.244. The topological polar surface area (TPSA) is 112 Å². The molecule has 0 spiro atoms. The van der Waals surface area contributed by atoms with E-state index in [1.807, 2.05) is 19.9 Å². The third-order valence-electron chi connectivity index (χ3n) is 3.97. The molecule has 0 radical (unpaired) electrons. The van der Waals surface area contributed by atoms with E-state index < -0.39 is 4.92 Å². The fourth-order valence-corrected chi connectivity index (χ4v) is 3.31. The van der Waals surface area contributed by atoms with Crippen LogP contribution in [0.2, 0.25) is 0 Å². The Bertz CT molecular complexity index is 995. The fraction of sp³-hybridized carbons (Fsp3) is 0.278. The molecule has 27 heavy (non-hydrogen) atoms. The molecule has 2 heterocycles. The van der Waals surface area contributed by atoms with E-state index in [2.05, 4.69) is 10.2 Å². The summed E-state index contributed by atoms with van der Waals surface area (Å²) in [4.78, 5) is 22.0. The monoisotopic (exact) mass is 387 g/mol. The number of nitrogens with zero attached hydrogens (tertiary/aromatic N) is 3. The van der Waals surface area contributed by atoms with Crippen molar-refractivity contribution in [3.8, 4) is 11.7 Å². The highest BCUT2D eigenvalue weighted by Gasteiger charge is 2.21. The van der Waals surface area contributed by atoms with E-state index in [-0.39, 0.29) is 28.4 Å². The second kappa shape index (κ2) is 7.75.